The molecule has 4 N–H and O–H groups in total. The first-order valence-corrected chi connectivity index (χ1v) is 7.54. The third kappa shape index (κ3) is 3.65. The number of carboxylic acid groups (broad SMARTS) is 1. The first-order valence-electron chi connectivity index (χ1n) is 7.54. The zero-order valence-electron chi connectivity index (χ0n) is 13.7. The maximum absolute atomic E-state index is 12.6. The number of carbonyl (C=O) groups excluding carboxylic acids is 2. The fraction of sp³-hybridized carbons (Fsp3) is 0.167. The van der Waals surface area contributed by atoms with E-state index in [1.54, 1.807) is 25.1 Å². The Morgan fingerprint density at radius 3 is 2.27 bits per heavy atom. The number of aryl methyl sites for hydroxylation is 1. The third-order valence-corrected chi connectivity index (χ3v) is 3.92. The van der Waals surface area contributed by atoms with E-state index in [-0.39, 0.29) is 17.5 Å². The van der Waals surface area contributed by atoms with Crippen molar-refractivity contribution in [2.24, 2.45) is 0 Å². The lowest BCUT2D eigenvalue weighted by atomic mass is 9.99. The monoisotopic (exact) mass is 359 g/mol. The van der Waals surface area contributed by atoms with Crippen LogP contribution in [0.15, 0.2) is 42.5 Å². The smallest absolute Gasteiger partial charge is 0.330 e. The maximum atomic E-state index is 12.6. The Morgan fingerprint density at radius 1 is 1.08 bits per heavy atom. The van der Waals surface area contributed by atoms with E-state index in [0.29, 0.717) is 10.5 Å². The average molecular weight is 359 g/mol. The van der Waals surface area contributed by atoms with Crippen LogP contribution in [0.1, 0.15) is 27.6 Å². The fourth-order valence-electron chi connectivity index (χ4n) is 2.50. The first-order chi connectivity index (χ1) is 12.3. The van der Waals surface area contributed by atoms with Crippen molar-refractivity contribution < 1.29 is 34.8 Å². The second-order valence-electron chi connectivity index (χ2n) is 5.61. The molecule has 0 aromatic heterocycles. The number of phenolic OH excluding ortho intramolecular Hbond substituents is 2. The Bertz CT molecular complexity index is 849. The summed E-state index contributed by atoms with van der Waals surface area (Å²) in [7, 11) is 0. The predicted molar refractivity (Wildman–Crippen MR) is 89.6 cm³/mol. The highest BCUT2D eigenvalue weighted by Crippen LogP contribution is 2.30. The number of carbonyl (C=O) groups is 3. The number of imide groups is 1. The van der Waals surface area contributed by atoms with Crippen molar-refractivity contribution in [1.82, 2.24) is 4.90 Å². The van der Waals surface area contributed by atoms with Gasteiger partial charge >= 0.3 is 5.97 Å². The van der Waals surface area contributed by atoms with Crippen LogP contribution in [0.25, 0.3) is 0 Å². The van der Waals surface area contributed by atoms with Crippen LogP contribution in [-0.2, 0) is 9.59 Å². The van der Waals surface area contributed by atoms with Crippen LogP contribution in [0, 0.1) is 6.92 Å². The van der Waals surface area contributed by atoms with E-state index < -0.39 is 35.5 Å². The molecule has 2 aromatic rings. The molecule has 0 fully saturated rings. The van der Waals surface area contributed by atoms with Gasteiger partial charge in [-0.05, 0) is 36.2 Å². The highest BCUT2D eigenvalue weighted by atomic mass is 16.4. The SMILES string of the molecule is Cc1ccccc1C(=O)N(C=O)[C@H](C(=O)O)[C@H](O)c1ccc(O)c(O)c1. The van der Waals surface area contributed by atoms with Gasteiger partial charge in [0.25, 0.3) is 5.91 Å². The molecule has 0 saturated carbocycles. The molecule has 0 radical (unpaired) electrons. The van der Waals surface area contributed by atoms with Crippen molar-refractivity contribution in [2.75, 3.05) is 0 Å². The lowest BCUT2D eigenvalue weighted by Crippen LogP contribution is -2.48. The summed E-state index contributed by atoms with van der Waals surface area (Å²) in [6.45, 7) is 1.63. The van der Waals surface area contributed by atoms with Gasteiger partial charge < -0.3 is 20.4 Å². The summed E-state index contributed by atoms with van der Waals surface area (Å²) in [5, 5.41) is 38.7. The zero-order chi connectivity index (χ0) is 19.4. The zero-order valence-corrected chi connectivity index (χ0v) is 13.7. The standard InChI is InChI=1S/C18H17NO7/c1-10-4-2-3-5-12(10)17(24)19(9-20)15(18(25)26)16(23)11-6-7-13(21)14(22)8-11/h2-9,15-16,21-23H,1H3,(H,25,26)/t15-,16+/m0/s1. The fourth-order valence-corrected chi connectivity index (χ4v) is 2.50. The molecule has 0 heterocycles. The number of aliphatic hydroxyl groups excluding tert-OH is 1. The summed E-state index contributed by atoms with van der Waals surface area (Å²) >= 11 is 0. The number of rotatable bonds is 6. The van der Waals surface area contributed by atoms with Gasteiger partial charge in [-0.2, -0.15) is 0 Å². The molecular formula is C18H17NO7. The number of nitrogens with zero attached hydrogens (tertiary/aromatic N) is 1. The van der Waals surface area contributed by atoms with Gasteiger partial charge in [0.05, 0.1) is 0 Å². The van der Waals surface area contributed by atoms with Crippen LogP contribution in [-0.4, -0.2) is 49.7 Å². The van der Waals surface area contributed by atoms with Crippen molar-refractivity contribution in [1.29, 1.82) is 0 Å². The van der Waals surface area contributed by atoms with Crippen molar-refractivity contribution in [2.45, 2.75) is 19.1 Å². The third-order valence-electron chi connectivity index (χ3n) is 3.92. The second kappa shape index (κ2) is 7.66. The molecule has 8 nitrogen and oxygen atoms in total. The molecule has 2 amide bonds. The Morgan fingerprint density at radius 2 is 1.73 bits per heavy atom. The number of amides is 2. The lowest BCUT2D eigenvalue weighted by Gasteiger charge is -2.28. The van der Waals surface area contributed by atoms with Crippen molar-refractivity contribution in [3.05, 3.63) is 59.2 Å². The van der Waals surface area contributed by atoms with Gasteiger partial charge in [0, 0.05) is 5.56 Å². The van der Waals surface area contributed by atoms with E-state index in [4.69, 9.17) is 0 Å². The number of benzene rings is 2. The molecule has 0 aliphatic carbocycles. The van der Waals surface area contributed by atoms with Crippen LogP contribution in [0.2, 0.25) is 0 Å². The van der Waals surface area contributed by atoms with Gasteiger partial charge in [-0.3, -0.25) is 14.5 Å². The minimum atomic E-state index is -1.93. The van der Waals surface area contributed by atoms with Crippen LogP contribution in [0.3, 0.4) is 0 Å². The van der Waals surface area contributed by atoms with Gasteiger partial charge in [0.1, 0.15) is 6.10 Å². The van der Waals surface area contributed by atoms with Crippen molar-refractivity contribution >= 4 is 18.3 Å². The molecule has 8 heteroatoms. The van der Waals surface area contributed by atoms with Gasteiger partial charge in [-0.1, -0.05) is 24.3 Å². The molecule has 0 spiro atoms. The molecule has 0 bridgehead atoms. The second-order valence-corrected chi connectivity index (χ2v) is 5.61. The highest BCUT2D eigenvalue weighted by molar-refractivity contribution is 6.03. The number of aromatic hydroxyl groups is 2. The molecule has 2 rings (SSSR count). The van der Waals surface area contributed by atoms with E-state index >= 15 is 0 Å². The largest absolute Gasteiger partial charge is 0.504 e. The quantitative estimate of drug-likeness (QED) is 0.449. The van der Waals surface area contributed by atoms with Gasteiger partial charge in [0.2, 0.25) is 6.41 Å². The molecule has 0 unspecified atom stereocenters. The number of phenols is 2. The molecule has 0 aliphatic rings. The van der Waals surface area contributed by atoms with E-state index in [2.05, 4.69) is 0 Å². The van der Waals surface area contributed by atoms with Crippen LogP contribution in [0.5, 0.6) is 11.5 Å². The summed E-state index contributed by atoms with van der Waals surface area (Å²) < 4.78 is 0. The van der Waals surface area contributed by atoms with Crippen molar-refractivity contribution in [3.63, 3.8) is 0 Å². The summed E-state index contributed by atoms with van der Waals surface area (Å²) in [6.07, 6.45) is -1.78. The van der Waals surface area contributed by atoms with Crippen LogP contribution in [0.4, 0.5) is 0 Å². The summed E-state index contributed by atoms with van der Waals surface area (Å²) in [5.41, 5.74) is 0.564. The number of hydrogen-bond acceptors (Lipinski definition) is 6. The molecule has 0 saturated heterocycles. The van der Waals surface area contributed by atoms with Gasteiger partial charge in [-0.25, -0.2) is 4.79 Å². The predicted octanol–water partition coefficient (Wildman–Crippen LogP) is 1.19. The minimum absolute atomic E-state index is 0.0387. The lowest BCUT2D eigenvalue weighted by molar-refractivity contribution is -0.149. The summed E-state index contributed by atoms with van der Waals surface area (Å²) in [6, 6.07) is 7.57. The normalized spacial score (nSPS) is 12.8. The Labute approximate surface area is 148 Å². The molecule has 0 aliphatic heterocycles. The molecule has 2 atom stereocenters. The summed E-state index contributed by atoms with van der Waals surface area (Å²) in [5.74, 6) is -3.53. The Balaban J connectivity index is 2.44. The van der Waals surface area contributed by atoms with E-state index in [9.17, 15) is 34.8 Å². The number of carboxylic acids is 1. The number of hydrogen-bond donors (Lipinski definition) is 4. The van der Waals surface area contributed by atoms with Gasteiger partial charge in [0.15, 0.2) is 17.5 Å². The molecule has 136 valence electrons. The number of aliphatic carboxylic acids is 1. The molecule has 26 heavy (non-hydrogen) atoms. The highest BCUT2D eigenvalue weighted by Gasteiger charge is 2.37. The van der Waals surface area contributed by atoms with E-state index in [0.717, 1.165) is 12.1 Å². The topological polar surface area (TPSA) is 135 Å². The minimum Gasteiger partial charge on any atom is -0.504 e. The van der Waals surface area contributed by atoms with Crippen LogP contribution >= 0.6 is 0 Å². The van der Waals surface area contributed by atoms with Crippen LogP contribution < -0.4 is 0 Å². The van der Waals surface area contributed by atoms with Crippen molar-refractivity contribution in [3.8, 4) is 11.5 Å². The number of aliphatic hydroxyl groups is 1. The Hall–Kier alpha value is -3.39. The van der Waals surface area contributed by atoms with Gasteiger partial charge in [-0.15, -0.1) is 0 Å². The average Bonchev–Trinajstić information content (AvgIpc) is 2.60. The Kier molecular flexibility index (Phi) is 5.58. The first kappa shape index (κ1) is 18.9. The van der Waals surface area contributed by atoms with E-state index in [1.165, 1.54) is 12.1 Å². The molecule has 2 aromatic carbocycles. The molecular weight excluding hydrogens is 342 g/mol. The summed E-state index contributed by atoms with van der Waals surface area (Å²) in [4.78, 5) is 36.2. The van der Waals surface area contributed by atoms with E-state index in [1.807, 2.05) is 0 Å². The maximum Gasteiger partial charge on any atom is 0.330 e.